The van der Waals surface area contributed by atoms with Crippen molar-refractivity contribution in [2.24, 2.45) is 34.8 Å². The molecule has 1 saturated heterocycles. The first-order valence-corrected chi connectivity index (χ1v) is 10.8. The molecule has 0 aromatic heterocycles. The normalized spacial score (nSPS) is 17.9. The van der Waals surface area contributed by atoms with Crippen molar-refractivity contribution < 1.29 is 49.1 Å². The highest BCUT2D eigenvalue weighted by atomic mass is 16.5. The molecule has 0 aromatic carbocycles. The molecule has 1 unspecified atom stereocenters. The Hall–Kier alpha value is -2.85. The van der Waals surface area contributed by atoms with E-state index in [1.165, 1.54) is 0 Å². The van der Waals surface area contributed by atoms with E-state index in [2.05, 4.69) is 11.1 Å². The Kier molecular flexibility index (Phi) is 21.5. The first-order valence-electron chi connectivity index (χ1n) is 10.8. The maximum atomic E-state index is 10.8. The van der Waals surface area contributed by atoms with Crippen LogP contribution in [0.5, 0.6) is 0 Å². The first-order chi connectivity index (χ1) is 16.0. The molecule has 0 spiro atoms. The third-order valence-corrected chi connectivity index (χ3v) is 4.10. The number of ether oxygens (including phenoxy) is 1. The molecule has 13 N–H and O–H groups in total. The fourth-order valence-corrected chi connectivity index (χ4v) is 2.16. The van der Waals surface area contributed by atoms with Crippen LogP contribution in [0.15, 0.2) is 0 Å². The Morgan fingerprint density at radius 2 is 1.40 bits per heavy atom. The molecule has 1 aliphatic heterocycles. The van der Waals surface area contributed by atoms with Gasteiger partial charge >= 0.3 is 29.8 Å². The zero-order valence-corrected chi connectivity index (χ0v) is 20.5. The molecule has 4 atom stereocenters. The summed E-state index contributed by atoms with van der Waals surface area (Å²) < 4.78 is 4.83. The second-order valence-electron chi connectivity index (χ2n) is 8.07. The van der Waals surface area contributed by atoms with Gasteiger partial charge in [-0.2, -0.15) is 0 Å². The van der Waals surface area contributed by atoms with Gasteiger partial charge in [-0.3, -0.25) is 24.0 Å². The number of hydrogen-bond donors (Lipinski definition) is 9. The van der Waals surface area contributed by atoms with Crippen LogP contribution in [0, 0.1) is 11.8 Å². The highest BCUT2D eigenvalue weighted by Crippen LogP contribution is 2.11. The Bertz CT molecular complexity index is 660. The summed E-state index contributed by atoms with van der Waals surface area (Å²) in [6.07, 6.45) is 0.478. The van der Waals surface area contributed by atoms with Crippen molar-refractivity contribution in [1.82, 2.24) is 5.32 Å². The third kappa shape index (κ3) is 21.4. The number of carbonyl (C=O) groups excluding carboxylic acids is 1. The Morgan fingerprint density at radius 1 is 0.914 bits per heavy atom. The van der Waals surface area contributed by atoms with Gasteiger partial charge in [0.05, 0.1) is 13.1 Å². The SMILES string of the molecule is CC(C)C[C@H](N)C(=O)O.CC(C)[C@H](N)C(=O)O.NCC(=O)O.NCC(=O)OC1CCN[C@@H]1C(=O)O. The van der Waals surface area contributed by atoms with Crippen LogP contribution in [0.4, 0.5) is 0 Å². The molecule has 0 amide bonds. The minimum absolute atomic E-state index is 0.0208. The maximum Gasteiger partial charge on any atom is 0.324 e. The molecule has 1 rings (SSSR count). The van der Waals surface area contributed by atoms with Gasteiger partial charge in [-0.05, 0) is 31.2 Å². The average molecular weight is 512 g/mol. The zero-order valence-electron chi connectivity index (χ0n) is 20.5. The molecule has 35 heavy (non-hydrogen) atoms. The summed E-state index contributed by atoms with van der Waals surface area (Å²) in [5, 5.41) is 35.5. The van der Waals surface area contributed by atoms with Crippen LogP contribution >= 0.6 is 0 Å². The quantitative estimate of drug-likeness (QED) is 0.149. The maximum absolute atomic E-state index is 10.8. The Labute approximate surface area is 204 Å². The molecule has 0 bridgehead atoms. The Balaban J connectivity index is -0.000000413. The lowest BCUT2D eigenvalue weighted by Gasteiger charge is -2.15. The van der Waals surface area contributed by atoms with Crippen LogP contribution in [-0.4, -0.2) is 94.1 Å². The minimum Gasteiger partial charge on any atom is -0.480 e. The molecule has 1 fully saturated rings. The molecule has 1 aliphatic rings. The lowest BCUT2D eigenvalue weighted by atomic mass is 10.1. The van der Waals surface area contributed by atoms with E-state index in [9.17, 15) is 24.0 Å². The van der Waals surface area contributed by atoms with Gasteiger partial charge in [-0.25, -0.2) is 0 Å². The highest BCUT2D eigenvalue weighted by Gasteiger charge is 2.35. The van der Waals surface area contributed by atoms with E-state index in [1.54, 1.807) is 13.8 Å². The van der Waals surface area contributed by atoms with Crippen LogP contribution in [0.25, 0.3) is 0 Å². The molecule has 15 nitrogen and oxygen atoms in total. The minimum atomic E-state index is -1.01. The van der Waals surface area contributed by atoms with E-state index in [1.807, 2.05) is 13.8 Å². The fraction of sp³-hybridized carbons (Fsp3) is 0.750. The van der Waals surface area contributed by atoms with Crippen LogP contribution in [0.3, 0.4) is 0 Å². The number of carbonyl (C=O) groups is 5. The zero-order chi connectivity index (χ0) is 28.3. The monoisotopic (exact) mass is 511 g/mol. The Morgan fingerprint density at radius 3 is 1.63 bits per heavy atom. The van der Waals surface area contributed by atoms with E-state index in [4.69, 9.17) is 42.4 Å². The lowest BCUT2D eigenvalue weighted by molar-refractivity contribution is -0.152. The smallest absolute Gasteiger partial charge is 0.324 e. The summed E-state index contributed by atoms with van der Waals surface area (Å²) in [5.74, 6) is -4.01. The van der Waals surface area contributed by atoms with Crippen molar-refractivity contribution in [1.29, 1.82) is 0 Å². The molecular weight excluding hydrogens is 470 g/mol. The number of aliphatic carboxylic acids is 4. The van der Waals surface area contributed by atoms with Gasteiger partial charge in [0.1, 0.15) is 24.2 Å². The van der Waals surface area contributed by atoms with Gasteiger partial charge in [0.2, 0.25) is 0 Å². The predicted octanol–water partition coefficient (Wildman–Crippen LogP) is -2.17. The lowest BCUT2D eigenvalue weighted by Crippen LogP contribution is -2.41. The van der Waals surface area contributed by atoms with Crippen molar-refractivity contribution in [2.45, 2.75) is 64.8 Å². The second-order valence-corrected chi connectivity index (χ2v) is 8.07. The highest BCUT2D eigenvalue weighted by molar-refractivity contribution is 5.77. The van der Waals surface area contributed by atoms with Crippen LogP contribution in [-0.2, 0) is 28.7 Å². The van der Waals surface area contributed by atoms with Crippen molar-refractivity contribution in [3.63, 3.8) is 0 Å². The molecule has 206 valence electrons. The van der Waals surface area contributed by atoms with Gasteiger partial charge in [-0.1, -0.05) is 27.7 Å². The number of nitrogens with two attached hydrogens (primary N) is 4. The third-order valence-electron chi connectivity index (χ3n) is 4.10. The van der Waals surface area contributed by atoms with Gasteiger partial charge in [0.15, 0.2) is 0 Å². The summed E-state index contributed by atoms with van der Waals surface area (Å²) in [6, 6.07) is -2.20. The summed E-state index contributed by atoms with van der Waals surface area (Å²) >= 11 is 0. The van der Waals surface area contributed by atoms with Crippen molar-refractivity contribution >= 4 is 29.8 Å². The molecule has 0 radical (unpaired) electrons. The first kappa shape index (κ1) is 36.7. The topological polar surface area (TPSA) is 292 Å². The van der Waals surface area contributed by atoms with Gasteiger partial charge in [-0.15, -0.1) is 0 Å². The molecule has 0 aliphatic carbocycles. The van der Waals surface area contributed by atoms with Gasteiger partial charge in [0, 0.05) is 0 Å². The number of carboxylic acid groups (broad SMARTS) is 4. The largest absolute Gasteiger partial charge is 0.480 e. The van der Waals surface area contributed by atoms with Crippen molar-refractivity contribution in [3.05, 3.63) is 0 Å². The van der Waals surface area contributed by atoms with Crippen LogP contribution in [0.1, 0.15) is 40.5 Å². The molecular formula is C20H41N5O10. The van der Waals surface area contributed by atoms with Crippen molar-refractivity contribution in [2.75, 3.05) is 19.6 Å². The number of nitrogens with one attached hydrogen (secondary N) is 1. The number of hydrogen-bond acceptors (Lipinski definition) is 11. The summed E-state index contributed by atoms with van der Waals surface area (Å²) in [5.41, 5.74) is 20.0. The average Bonchev–Trinajstić information content (AvgIpc) is 3.22. The van der Waals surface area contributed by atoms with E-state index in [-0.39, 0.29) is 19.0 Å². The van der Waals surface area contributed by atoms with E-state index >= 15 is 0 Å². The van der Waals surface area contributed by atoms with Crippen LogP contribution in [0.2, 0.25) is 0 Å². The molecule has 15 heteroatoms. The summed E-state index contributed by atoms with van der Waals surface area (Å²) in [6.45, 7) is 7.49. The van der Waals surface area contributed by atoms with Gasteiger partial charge < -0.3 is 53.4 Å². The predicted molar refractivity (Wildman–Crippen MR) is 125 cm³/mol. The number of rotatable bonds is 9. The van der Waals surface area contributed by atoms with Crippen molar-refractivity contribution in [3.8, 4) is 0 Å². The standard InChI is InChI=1S/C7H12N2O4.C6H13NO2.C5H11NO2.C2H5NO2/c8-3-5(10)13-4-1-2-9-6(4)7(11)12;1-4(2)3-5(7)6(8)9;1-3(2)4(6)5(7)8;3-1-2(4)5/h4,6,9H,1-3,8H2,(H,11,12);4-5H,3,7H2,1-2H3,(H,8,9);3-4H,6H2,1-2H3,(H,7,8);1,3H2,(H,4,5)/t4?,6-;5-;4-;/m000./s1. The van der Waals surface area contributed by atoms with E-state index in [0.29, 0.717) is 25.3 Å². The second kappa shape index (κ2) is 20.5. The molecule has 1 heterocycles. The van der Waals surface area contributed by atoms with E-state index in [0.717, 1.165) is 0 Å². The molecule has 0 saturated carbocycles. The number of carboxylic acids is 4. The van der Waals surface area contributed by atoms with Crippen LogP contribution < -0.4 is 28.3 Å². The number of esters is 1. The van der Waals surface area contributed by atoms with E-state index < -0.39 is 54.1 Å². The molecule has 0 aromatic rings. The summed E-state index contributed by atoms with van der Waals surface area (Å²) in [7, 11) is 0. The fourth-order valence-electron chi connectivity index (χ4n) is 2.16. The summed E-state index contributed by atoms with van der Waals surface area (Å²) in [4.78, 5) is 50.7. The van der Waals surface area contributed by atoms with Gasteiger partial charge in [0.25, 0.3) is 0 Å².